The molecule has 1 fully saturated rings. The Balaban J connectivity index is 1.79. The average Bonchev–Trinajstić information content (AvgIpc) is 2.81. The molecule has 1 aliphatic rings. The third-order valence-electron chi connectivity index (χ3n) is 4.43. The van der Waals surface area contributed by atoms with Crippen molar-refractivity contribution in [2.24, 2.45) is 0 Å². The number of carbonyl (C=O) groups is 1. The summed E-state index contributed by atoms with van der Waals surface area (Å²) in [6, 6.07) is 6.14. The standard InChI is InChI=1S/C17H22N2O2/c1-12-16(17(20)21)14-11-13(5-6-15(14)18-12)7-10-19-8-3-2-4-9-19/h5-6,11,18H,2-4,7-10H2,1H3,(H,20,21). The van der Waals surface area contributed by atoms with Gasteiger partial charge in [-0.1, -0.05) is 12.5 Å². The van der Waals surface area contributed by atoms with Crippen molar-refractivity contribution < 1.29 is 9.90 Å². The zero-order valence-corrected chi connectivity index (χ0v) is 12.5. The number of benzene rings is 1. The van der Waals surface area contributed by atoms with Crippen LogP contribution in [0.4, 0.5) is 0 Å². The van der Waals surface area contributed by atoms with Gasteiger partial charge in [-0.05, 0) is 57.0 Å². The molecule has 0 saturated carbocycles. The smallest absolute Gasteiger partial charge is 0.338 e. The van der Waals surface area contributed by atoms with E-state index < -0.39 is 5.97 Å². The van der Waals surface area contributed by atoms with Crippen molar-refractivity contribution in [2.75, 3.05) is 19.6 Å². The number of fused-ring (bicyclic) bond motifs is 1. The highest BCUT2D eigenvalue weighted by atomic mass is 16.4. The highest BCUT2D eigenvalue weighted by Crippen LogP contribution is 2.24. The lowest BCUT2D eigenvalue weighted by Gasteiger charge is -2.26. The van der Waals surface area contributed by atoms with E-state index in [9.17, 15) is 9.90 Å². The predicted molar refractivity (Wildman–Crippen MR) is 84.0 cm³/mol. The second kappa shape index (κ2) is 5.90. The summed E-state index contributed by atoms with van der Waals surface area (Å²) in [4.78, 5) is 17.0. The summed E-state index contributed by atoms with van der Waals surface area (Å²) in [7, 11) is 0. The zero-order chi connectivity index (χ0) is 14.8. The number of aromatic carboxylic acids is 1. The molecular weight excluding hydrogens is 264 g/mol. The maximum Gasteiger partial charge on any atom is 0.338 e. The van der Waals surface area contributed by atoms with E-state index in [1.54, 1.807) is 0 Å². The highest BCUT2D eigenvalue weighted by molar-refractivity contribution is 6.04. The molecule has 1 saturated heterocycles. The first-order valence-electron chi connectivity index (χ1n) is 7.72. The Morgan fingerprint density at radius 2 is 2.05 bits per heavy atom. The Kier molecular flexibility index (Phi) is 3.97. The average molecular weight is 286 g/mol. The molecule has 3 rings (SSSR count). The zero-order valence-electron chi connectivity index (χ0n) is 12.5. The number of nitrogens with zero attached hydrogens (tertiary/aromatic N) is 1. The molecule has 2 N–H and O–H groups in total. The fraction of sp³-hybridized carbons (Fsp3) is 0.471. The summed E-state index contributed by atoms with van der Waals surface area (Å²) in [6.45, 7) is 5.28. The summed E-state index contributed by atoms with van der Waals surface area (Å²) < 4.78 is 0. The predicted octanol–water partition coefficient (Wildman–Crippen LogP) is 3.20. The van der Waals surface area contributed by atoms with E-state index in [-0.39, 0.29) is 0 Å². The van der Waals surface area contributed by atoms with Crippen LogP contribution in [-0.4, -0.2) is 40.6 Å². The molecule has 1 aliphatic heterocycles. The molecule has 2 heterocycles. The van der Waals surface area contributed by atoms with Gasteiger partial charge in [0.05, 0.1) is 5.56 Å². The number of aromatic amines is 1. The molecule has 0 unspecified atom stereocenters. The Morgan fingerprint density at radius 1 is 1.29 bits per heavy atom. The SMILES string of the molecule is Cc1[nH]c2ccc(CCN3CCCCC3)cc2c1C(=O)O. The molecule has 2 aromatic rings. The van der Waals surface area contributed by atoms with Crippen LogP contribution in [0, 0.1) is 6.92 Å². The van der Waals surface area contributed by atoms with Gasteiger partial charge < -0.3 is 15.0 Å². The second-order valence-electron chi connectivity index (χ2n) is 5.96. The number of carboxylic acids is 1. The largest absolute Gasteiger partial charge is 0.478 e. The lowest BCUT2D eigenvalue weighted by molar-refractivity contribution is 0.0698. The molecule has 0 amide bonds. The Hall–Kier alpha value is -1.81. The second-order valence-corrected chi connectivity index (χ2v) is 5.96. The Morgan fingerprint density at radius 3 is 2.76 bits per heavy atom. The van der Waals surface area contributed by atoms with Crippen LogP contribution in [-0.2, 0) is 6.42 Å². The van der Waals surface area contributed by atoms with Crippen molar-refractivity contribution in [3.05, 3.63) is 35.0 Å². The normalized spacial score (nSPS) is 16.4. The number of hydrogen-bond acceptors (Lipinski definition) is 2. The van der Waals surface area contributed by atoms with Crippen LogP contribution in [0.1, 0.15) is 40.9 Å². The summed E-state index contributed by atoms with van der Waals surface area (Å²) in [6.07, 6.45) is 4.95. The minimum Gasteiger partial charge on any atom is -0.478 e. The molecule has 0 atom stereocenters. The molecule has 1 aromatic heterocycles. The van der Waals surface area contributed by atoms with Gasteiger partial charge in [-0.2, -0.15) is 0 Å². The van der Waals surface area contributed by atoms with E-state index in [4.69, 9.17) is 0 Å². The number of hydrogen-bond donors (Lipinski definition) is 2. The monoisotopic (exact) mass is 286 g/mol. The lowest BCUT2D eigenvalue weighted by Crippen LogP contribution is -2.31. The number of piperidine rings is 1. The maximum absolute atomic E-state index is 11.4. The van der Waals surface area contributed by atoms with Crippen LogP contribution in [0.15, 0.2) is 18.2 Å². The van der Waals surface area contributed by atoms with Gasteiger partial charge in [-0.3, -0.25) is 0 Å². The topological polar surface area (TPSA) is 56.3 Å². The maximum atomic E-state index is 11.4. The van der Waals surface area contributed by atoms with Gasteiger partial charge >= 0.3 is 5.97 Å². The fourth-order valence-corrected chi connectivity index (χ4v) is 3.28. The quantitative estimate of drug-likeness (QED) is 0.907. The van der Waals surface area contributed by atoms with E-state index in [1.807, 2.05) is 19.1 Å². The van der Waals surface area contributed by atoms with E-state index in [0.29, 0.717) is 5.56 Å². The minimum absolute atomic E-state index is 0.407. The number of carboxylic acid groups (broad SMARTS) is 1. The molecule has 0 spiro atoms. The Bertz CT molecular complexity index is 654. The fourth-order valence-electron chi connectivity index (χ4n) is 3.28. The lowest BCUT2D eigenvalue weighted by atomic mass is 10.0. The summed E-state index contributed by atoms with van der Waals surface area (Å²) in [5.74, 6) is -0.855. The molecule has 4 nitrogen and oxygen atoms in total. The molecule has 21 heavy (non-hydrogen) atoms. The molecule has 4 heteroatoms. The minimum atomic E-state index is -0.855. The van der Waals surface area contributed by atoms with E-state index in [2.05, 4.69) is 16.0 Å². The first-order chi connectivity index (χ1) is 10.1. The van der Waals surface area contributed by atoms with Gasteiger partial charge in [0.1, 0.15) is 0 Å². The van der Waals surface area contributed by atoms with Crippen LogP contribution < -0.4 is 0 Å². The third-order valence-corrected chi connectivity index (χ3v) is 4.43. The number of H-pyrrole nitrogens is 1. The first kappa shape index (κ1) is 14.1. The molecule has 0 aliphatic carbocycles. The molecule has 1 aromatic carbocycles. The molecule has 112 valence electrons. The van der Waals surface area contributed by atoms with Gasteiger partial charge in [-0.25, -0.2) is 4.79 Å². The summed E-state index contributed by atoms with van der Waals surface area (Å²) in [5, 5.41) is 10.2. The van der Waals surface area contributed by atoms with Crippen molar-refractivity contribution >= 4 is 16.9 Å². The number of rotatable bonds is 4. The Labute approximate surface area is 124 Å². The van der Waals surface area contributed by atoms with Crippen LogP contribution in [0.2, 0.25) is 0 Å². The molecule has 0 radical (unpaired) electrons. The van der Waals surface area contributed by atoms with E-state index in [0.717, 1.165) is 29.6 Å². The number of aromatic nitrogens is 1. The molecule has 0 bridgehead atoms. The van der Waals surface area contributed by atoms with Crippen molar-refractivity contribution in [3.8, 4) is 0 Å². The number of nitrogens with one attached hydrogen (secondary N) is 1. The van der Waals surface area contributed by atoms with Crippen molar-refractivity contribution in [1.82, 2.24) is 9.88 Å². The summed E-state index contributed by atoms with van der Waals surface area (Å²) in [5.41, 5.74) is 3.26. The first-order valence-corrected chi connectivity index (χ1v) is 7.72. The van der Waals surface area contributed by atoms with E-state index in [1.165, 1.54) is 37.9 Å². The van der Waals surface area contributed by atoms with Gasteiger partial charge in [0.25, 0.3) is 0 Å². The van der Waals surface area contributed by atoms with Crippen molar-refractivity contribution in [1.29, 1.82) is 0 Å². The van der Waals surface area contributed by atoms with E-state index >= 15 is 0 Å². The van der Waals surface area contributed by atoms with Crippen molar-refractivity contribution in [3.63, 3.8) is 0 Å². The van der Waals surface area contributed by atoms with Crippen LogP contribution >= 0.6 is 0 Å². The van der Waals surface area contributed by atoms with Crippen LogP contribution in [0.3, 0.4) is 0 Å². The molecular formula is C17H22N2O2. The van der Waals surface area contributed by atoms with Crippen LogP contribution in [0.5, 0.6) is 0 Å². The van der Waals surface area contributed by atoms with Crippen molar-refractivity contribution in [2.45, 2.75) is 32.6 Å². The number of likely N-dealkylation sites (tertiary alicyclic amines) is 1. The summed E-state index contributed by atoms with van der Waals surface area (Å²) >= 11 is 0. The van der Waals surface area contributed by atoms with Gasteiger partial charge in [0.2, 0.25) is 0 Å². The number of aryl methyl sites for hydroxylation is 1. The third kappa shape index (κ3) is 2.95. The van der Waals surface area contributed by atoms with Crippen LogP contribution in [0.25, 0.3) is 10.9 Å². The van der Waals surface area contributed by atoms with Gasteiger partial charge in [-0.15, -0.1) is 0 Å². The van der Waals surface area contributed by atoms with Gasteiger partial charge in [0.15, 0.2) is 0 Å². The highest BCUT2D eigenvalue weighted by Gasteiger charge is 2.15. The van der Waals surface area contributed by atoms with Gasteiger partial charge in [0, 0.05) is 23.1 Å².